The number of thiol groups is 1. The summed E-state index contributed by atoms with van der Waals surface area (Å²) in [7, 11) is 1.61. The SMILES string of the molecule is COc1ccc(SO)cc1.Oc1ccc(S)cc1. The molecule has 96 valence electrons. The first kappa shape index (κ1) is 14.8. The molecule has 0 saturated heterocycles. The Morgan fingerprint density at radius 2 is 1.56 bits per heavy atom. The monoisotopic (exact) mass is 282 g/mol. The first-order valence-corrected chi connectivity index (χ1v) is 6.31. The Kier molecular flexibility index (Phi) is 6.49. The maximum atomic E-state index is 8.72. The summed E-state index contributed by atoms with van der Waals surface area (Å²) >= 11 is 4.75. The quantitative estimate of drug-likeness (QED) is 0.577. The zero-order valence-corrected chi connectivity index (χ0v) is 11.5. The van der Waals surface area contributed by atoms with Gasteiger partial charge in [0.25, 0.3) is 0 Å². The zero-order valence-electron chi connectivity index (χ0n) is 9.78. The van der Waals surface area contributed by atoms with Gasteiger partial charge in [-0.2, -0.15) is 0 Å². The van der Waals surface area contributed by atoms with Crippen molar-refractivity contribution >= 4 is 24.7 Å². The lowest BCUT2D eigenvalue weighted by Crippen LogP contribution is -1.80. The van der Waals surface area contributed by atoms with Gasteiger partial charge < -0.3 is 14.4 Å². The molecule has 0 aromatic heterocycles. The van der Waals surface area contributed by atoms with Gasteiger partial charge in [0.1, 0.15) is 11.5 Å². The summed E-state index contributed by atoms with van der Waals surface area (Å²) in [4.78, 5) is 1.68. The van der Waals surface area contributed by atoms with Crippen molar-refractivity contribution in [2.45, 2.75) is 9.79 Å². The predicted molar refractivity (Wildman–Crippen MR) is 76.8 cm³/mol. The van der Waals surface area contributed by atoms with Crippen molar-refractivity contribution in [2.75, 3.05) is 7.11 Å². The number of hydrogen-bond acceptors (Lipinski definition) is 5. The van der Waals surface area contributed by atoms with Crippen LogP contribution in [0.1, 0.15) is 0 Å². The van der Waals surface area contributed by atoms with Gasteiger partial charge in [-0.3, -0.25) is 0 Å². The van der Waals surface area contributed by atoms with Gasteiger partial charge in [-0.05, 0) is 48.5 Å². The number of benzene rings is 2. The van der Waals surface area contributed by atoms with Gasteiger partial charge in [-0.15, -0.1) is 12.6 Å². The van der Waals surface area contributed by atoms with Crippen LogP contribution in [0, 0.1) is 0 Å². The third-order valence-corrected chi connectivity index (χ3v) is 2.80. The minimum absolute atomic E-state index is 0.280. The Hall–Kier alpha value is -1.30. The molecule has 0 spiro atoms. The zero-order chi connectivity index (χ0) is 13.4. The summed E-state index contributed by atoms with van der Waals surface area (Å²) in [6.45, 7) is 0. The normalized spacial score (nSPS) is 9.28. The number of aromatic hydroxyl groups is 1. The molecule has 2 rings (SSSR count). The number of ether oxygens (including phenoxy) is 1. The first-order valence-electron chi connectivity index (χ1n) is 5.09. The minimum Gasteiger partial charge on any atom is -0.508 e. The number of phenols is 1. The summed E-state index contributed by atoms with van der Waals surface area (Å²) in [5.74, 6) is 1.08. The molecule has 0 heterocycles. The average molecular weight is 282 g/mol. The molecule has 0 saturated carbocycles. The van der Waals surface area contributed by atoms with Crippen LogP contribution >= 0.6 is 24.7 Å². The molecule has 2 N–H and O–H groups in total. The van der Waals surface area contributed by atoms with Gasteiger partial charge in [0.15, 0.2) is 0 Å². The summed E-state index contributed by atoms with van der Waals surface area (Å²) in [6.07, 6.45) is 0. The third-order valence-electron chi connectivity index (χ3n) is 2.01. The van der Waals surface area contributed by atoms with E-state index in [2.05, 4.69) is 12.6 Å². The number of rotatable bonds is 2. The van der Waals surface area contributed by atoms with Crippen LogP contribution < -0.4 is 4.74 Å². The van der Waals surface area contributed by atoms with Crippen molar-refractivity contribution in [3.63, 3.8) is 0 Å². The Bertz CT molecular complexity index is 411. The molecule has 5 heteroatoms. The molecule has 0 unspecified atom stereocenters. The van der Waals surface area contributed by atoms with Gasteiger partial charge in [0.2, 0.25) is 0 Å². The molecule has 0 radical (unpaired) electrons. The molecule has 0 aliphatic rings. The largest absolute Gasteiger partial charge is 0.508 e. The fourth-order valence-electron chi connectivity index (χ4n) is 1.09. The molecular weight excluding hydrogens is 268 g/mol. The first-order chi connectivity index (χ1) is 8.65. The number of phenolic OH excluding ortho intramolecular Hbond substituents is 1. The second-order valence-corrected chi connectivity index (χ2v) is 4.45. The van der Waals surface area contributed by atoms with Crippen LogP contribution in [0.15, 0.2) is 58.3 Å². The molecule has 18 heavy (non-hydrogen) atoms. The molecule has 0 aliphatic carbocycles. The molecular formula is C13H14O3S2. The van der Waals surface area contributed by atoms with E-state index in [4.69, 9.17) is 14.4 Å². The van der Waals surface area contributed by atoms with E-state index >= 15 is 0 Å². The van der Waals surface area contributed by atoms with Crippen LogP contribution in [0.25, 0.3) is 0 Å². The maximum absolute atomic E-state index is 8.72. The lowest BCUT2D eigenvalue weighted by molar-refractivity contribution is 0.414. The van der Waals surface area contributed by atoms with Crippen LogP contribution in [0.5, 0.6) is 11.5 Å². The van der Waals surface area contributed by atoms with Crippen LogP contribution in [0.4, 0.5) is 0 Å². The molecule has 0 fully saturated rings. The molecule has 0 atom stereocenters. The summed E-state index contributed by atoms with van der Waals surface area (Å²) in [5.41, 5.74) is 0. The van der Waals surface area contributed by atoms with E-state index in [1.807, 2.05) is 0 Å². The van der Waals surface area contributed by atoms with E-state index < -0.39 is 0 Å². The molecule has 2 aromatic carbocycles. The van der Waals surface area contributed by atoms with E-state index in [1.54, 1.807) is 55.6 Å². The van der Waals surface area contributed by atoms with Gasteiger partial charge in [0, 0.05) is 21.8 Å². The Labute approximate surface area is 116 Å². The summed E-state index contributed by atoms with van der Waals surface area (Å²) in [5, 5.41) is 8.72. The highest BCUT2D eigenvalue weighted by molar-refractivity contribution is 7.93. The van der Waals surface area contributed by atoms with Crippen molar-refractivity contribution in [3.8, 4) is 11.5 Å². The van der Waals surface area contributed by atoms with Crippen LogP contribution in [0.2, 0.25) is 0 Å². The standard InChI is InChI=1S/C7H8O2S.C6H6OS/c1-9-6-2-4-7(10-8)5-3-6;7-5-1-3-6(8)4-2-5/h2-5,8H,1H3;1-4,7-8H. The van der Waals surface area contributed by atoms with Crippen molar-refractivity contribution in [3.05, 3.63) is 48.5 Å². The van der Waals surface area contributed by atoms with Gasteiger partial charge >= 0.3 is 0 Å². The molecule has 2 aromatic rings. The summed E-state index contributed by atoms with van der Waals surface area (Å²) in [6, 6.07) is 13.9. The molecule has 0 aliphatic heterocycles. The minimum atomic E-state index is 0.280. The van der Waals surface area contributed by atoms with Gasteiger partial charge in [-0.1, -0.05) is 0 Å². The lowest BCUT2D eigenvalue weighted by Gasteiger charge is -1.98. The van der Waals surface area contributed by atoms with Gasteiger partial charge in [-0.25, -0.2) is 0 Å². The summed E-state index contributed by atoms with van der Waals surface area (Å²) < 4.78 is 13.5. The second kappa shape index (κ2) is 7.92. The second-order valence-electron chi connectivity index (χ2n) is 3.28. The highest BCUT2D eigenvalue weighted by Gasteiger charge is 1.91. The van der Waals surface area contributed by atoms with E-state index in [9.17, 15) is 0 Å². The van der Waals surface area contributed by atoms with Crippen LogP contribution in [0.3, 0.4) is 0 Å². The average Bonchev–Trinajstić information content (AvgIpc) is 2.43. The smallest absolute Gasteiger partial charge is 0.118 e. The Morgan fingerprint density at radius 3 is 1.94 bits per heavy atom. The Balaban J connectivity index is 0.000000184. The third kappa shape index (κ3) is 5.35. The Morgan fingerprint density at radius 1 is 1.00 bits per heavy atom. The predicted octanol–water partition coefficient (Wildman–Crippen LogP) is 3.94. The lowest BCUT2D eigenvalue weighted by atomic mass is 10.3. The fourth-order valence-corrected chi connectivity index (χ4v) is 1.50. The van der Waals surface area contributed by atoms with E-state index in [0.717, 1.165) is 27.6 Å². The topological polar surface area (TPSA) is 49.7 Å². The number of hydrogen-bond donors (Lipinski definition) is 3. The highest BCUT2D eigenvalue weighted by atomic mass is 32.2. The van der Waals surface area contributed by atoms with Crippen molar-refractivity contribution in [1.29, 1.82) is 0 Å². The van der Waals surface area contributed by atoms with Crippen LogP contribution in [-0.2, 0) is 0 Å². The van der Waals surface area contributed by atoms with E-state index in [-0.39, 0.29) is 5.75 Å². The van der Waals surface area contributed by atoms with E-state index in [0.29, 0.717) is 0 Å². The maximum Gasteiger partial charge on any atom is 0.118 e. The molecule has 0 amide bonds. The van der Waals surface area contributed by atoms with Crippen molar-refractivity contribution < 1.29 is 14.4 Å². The van der Waals surface area contributed by atoms with E-state index in [1.165, 1.54) is 0 Å². The van der Waals surface area contributed by atoms with Crippen LogP contribution in [-0.4, -0.2) is 16.8 Å². The highest BCUT2D eigenvalue weighted by Crippen LogP contribution is 2.17. The van der Waals surface area contributed by atoms with Gasteiger partial charge in [0.05, 0.1) is 7.11 Å². The fraction of sp³-hybridized carbons (Fsp3) is 0.0769. The van der Waals surface area contributed by atoms with Crippen molar-refractivity contribution in [2.24, 2.45) is 0 Å². The molecule has 0 bridgehead atoms. The van der Waals surface area contributed by atoms with Crippen molar-refractivity contribution in [1.82, 2.24) is 0 Å². The number of methoxy groups -OCH3 is 1. The molecule has 3 nitrogen and oxygen atoms in total.